The first kappa shape index (κ1) is 23.3. The molecule has 0 bridgehead atoms. The zero-order valence-corrected chi connectivity index (χ0v) is 18.4. The summed E-state index contributed by atoms with van der Waals surface area (Å²) in [5, 5.41) is 11.8. The van der Waals surface area contributed by atoms with Crippen LogP contribution in [0.25, 0.3) is 0 Å². The number of carbonyl (C=O) groups is 2. The first-order chi connectivity index (χ1) is 14.3. The van der Waals surface area contributed by atoms with Crippen LogP contribution in [0.2, 0.25) is 0 Å². The van der Waals surface area contributed by atoms with Gasteiger partial charge in [0.25, 0.3) is 0 Å². The van der Waals surface area contributed by atoms with Gasteiger partial charge in [-0.1, -0.05) is 25.0 Å². The van der Waals surface area contributed by atoms with Crippen LogP contribution in [0.3, 0.4) is 0 Å². The summed E-state index contributed by atoms with van der Waals surface area (Å²) in [4.78, 5) is 27.8. The van der Waals surface area contributed by atoms with Gasteiger partial charge in [0.2, 0.25) is 5.91 Å². The van der Waals surface area contributed by atoms with Gasteiger partial charge < -0.3 is 20.2 Å². The van der Waals surface area contributed by atoms with Crippen LogP contribution in [0.4, 0.5) is 17.1 Å². The van der Waals surface area contributed by atoms with E-state index in [2.05, 4.69) is 5.32 Å². The van der Waals surface area contributed by atoms with Gasteiger partial charge in [0.05, 0.1) is 5.92 Å². The maximum absolute atomic E-state index is 13.1. The maximum Gasteiger partial charge on any atom is 0.303 e. The van der Waals surface area contributed by atoms with Crippen molar-refractivity contribution in [3.8, 4) is 0 Å². The van der Waals surface area contributed by atoms with Crippen molar-refractivity contribution in [3.63, 3.8) is 0 Å². The normalized spacial score (nSPS) is 11.6. The predicted molar refractivity (Wildman–Crippen MR) is 124 cm³/mol. The van der Waals surface area contributed by atoms with Gasteiger partial charge >= 0.3 is 5.97 Å². The summed E-state index contributed by atoms with van der Waals surface area (Å²) >= 11 is 0. The molecule has 0 spiro atoms. The van der Waals surface area contributed by atoms with Crippen molar-refractivity contribution in [2.75, 3.05) is 43.3 Å². The molecule has 0 unspecified atom stereocenters. The molecule has 2 rings (SSSR count). The third-order valence-corrected chi connectivity index (χ3v) is 5.16. The number of carboxylic acids is 1. The van der Waals surface area contributed by atoms with E-state index < -0.39 is 5.97 Å². The summed E-state index contributed by atoms with van der Waals surface area (Å²) in [6.07, 6.45) is 3.09. The van der Waals surface area contributed by atoms with Crippen LogP contribution in [0.5, 0.6) is 0 Å². The highest BCUT2D eigenvalue weighted by atomic mass is 16.4. The van der Waals surface area contributed by atoms with Crippen molar-refractivity contribution in [2.24, 2.45) is 0 Å². The molecule has 0 aliphatic rings. The number of amides is 1. The Balaban J connectivity index is 2.10. The monoisotopic (exact) mass is 411 g/mol. The Bertz CT molecular complexity index is 815. The van der Waals surface area contributed by atoms with Gasteiger partial charge in [-0.3, -0.25) is 9.59 Å². The average molecular weight is 412 g/mol. The summed E-state index contributed by atoms with van der Waals surface area (Å²) < 4.78 is 0. The molecule has 0 aromatic heterocycles. The van der Waals surface area contributed by atoms with Gasteiger partial charge in [-0.25, -0.2) is 0 Å². The molecule has 2 N–H and O–H groups in total. The summed E-state index contributed by atoms with van der Waals surface area (Å²) in [6.45, 7) is 0. The van der Waals surface area contributed by atoms with E-state index in [9.17, 15) is 9.59 Å². The zero-order chi connectivity index (χ0) is 22.1. The number of aliphatic carboxylic acids is 1. The zero-order valence-electron chi connectivity index (χ0n) is 18.4. The van der Waals surface area contributed by atoms with E-state index in [0.29, 0.717) is 12.8 Å². The van der Waals surface area contributed by atoms with E-state index >= 15 is 0 Å². The Kier molecular flexibility index (Phi) is 8.71. The van der Waals surface area contributed by atoms with Crippen molar-refractivity contribution < 1.29 is 14.7 Å². The number of rotatable bonds is 11. The predicted octanol–water partition coefficient (Wildman–Crippen LogP) is 4.58. The smallest absolute Gasteiger partial charge is 0.303 e. The molecule has 0 saturated heterocycles. The topological polar surface area (TPSA) is 72.9 Å². The molecule has 2 aromatic rings. The van der Waals surface area contributed by atoms with E-state index in [1.54, 1.807) is 0 Å². The van der Waals surface area contributed by atoms with Crippen LogP contribution in [-0.2, 0) is 9.59 Å². The van der Waals surface area contributed by atoms with E-state index in [0.717, 1.165) is 35.5 Å². The van der Waals surface area contributed by atoms with Crippen LogP contribution < -0.4 is 15.1 Å². The van der Waals surface area contributed by atoms with Crippen LogP contribution >= 0.6 is 0 Å². The molecule has 0 heterocycles. The third kappa shape index (κ3) is 7.10. The van der Waals surface area contributed by atoms with Gasteiger partial charge in [-0.15, -0.1) is 0 Å². The number of carbonyl (C=O) groups excluding carboxylic acids is 1. The van der Waals surface area contributed by atoms with Gasteiger partial charge in [-0.2, -0.15) is 0 Å². The largest absolute Gasteiger partial charge is 0.481 e. The van der Waals surface area contributed by atoms with E-state index in [1.165, 1.54) is 0 Å². The molecular formula is C24H33N3O3. The number of unbranched alkanes of at least 4 members (excludes halogenated alkanes) is 2. The fraction of sp³-hybridized carbons (Fsp3) is 0.417. The van der Waals surface area contributed by atoms with Crippen molar-refractivity contribution in [3.05, 3.63) is 54.1 Å². The standard InChI is InChI=1S/C24H33N3O3/c1-26(2)20-14-10-18(11-15-20)22(8-6-5-7-9-23(28)29)24(30)25-19-12-16-21(17-13-19)27(3)4/h10-17,22H,5-9H2,1-4H3,(H,25,30)(H,28,29)/t22-/m0/s1. The second-order valence-electron chi connectivity index (χ2n) is 7.96. The third-order valence-electron chi connectivity index (χ3n) is 5.16. The molecule has 0 fully saturated rings. The second kappa shape index (κ2) is 11.2. The molecule has 1 amide bonds. The SMILES string of the molecule is CN(C)c1ccc(NC(=O)[C@@H](CCCCCC(=O)O)c2ccc(N(C)C)cc2)cc1. The molecule has 0 aliphatic heterocycles. The molecule has 6 nitrogen and oxygen atoms in total. The molecule has 2 aromatic carbocycles. The molecule has 0 aliphatic carbocycles. The van der Waals surface area contributed by atoms with Crippen molar-refractivity contribution in [2.45, 2.75) is 38.0 Å². The summed E-state index contributed by atoms with van der Waals surface area (Å²) in [5.41, 5.74) is 3.90. The van der Waals surface area contributed by atoms with Crippen LogP contribution in [-0.4, -0.2) is 45.2 Å². The Hall–Kier alpha value is -3.02. The highest BCUT2D eigenvalue weighted by molar-refractivity contribution is 5.96. The van der Waals surface area contributed by atoms with Crippen molar-refractivity contribution in [1.82, 2.24) is 0 Å². The number of hydrogen-bond acceptors (Lipinski definition) is 4. The van der Waals surface area contributed by atoms with E-state index in [1.807, 2.05) is 86.5 Å². The maximum atomic E-state index is 13.1. The lowest BCUT2D eigenvalue weighted by Gasteiger charge is -2.19. The molecular weight excluding hydrogens is 378 g/mol. The van der Waals surface area contributed by atoms with Crippen molar-refractivity contribution >= 4 is 28.9 Å². The Morgan fingerprint density at radius 1 is 0.833 bits per heavy atom. The average Bonchev–Trinajstić information content (AvgIpc) is 2.71. The van der Waals surface area contributed by atoms with Crippen LogP contribution in [0, 0.1) is 0 Å². The Labute approximate surface area is 179 Å². The van der Waals surface area contributed by atoms with Gasteiger partial charge in [-0.05, 0) is 54.8 Å². The van der Waals surface area contributed by atoms with E-state index in [4.69, 9.17) is 5.11 Å². The fourth-order valence-corrected chi connectivity index (χ4v) is 3.33. The molecule has 0 saturated carbocycles. The first-order valence-corrected chi connectivity index (χ1v) is 10.3. The lowest BCUT2D eigenvalue weighted by Crippen LogP contribution is -2.21. The number of nitrogens with one attached hydrogen (secondary N) is 1. The minimum atomic E-state index is -0.773. The van der Waals surface area contributed by atoms with Gasteiger partial charge in [0.1, 0.15) is 0 Å². The van der Waals surface area contributed by atoms with Gasteiger partial charge in [0.15, 0.2) is 0 Å². The Morgan fingerprint density at radius 3 is 1.87 bits per heavy atom. The first-order valence-electron chi connectivity index (χ1n) is 10.3. The summed E-state index contributed by atoms with van der Waals surface area (Å²) in [6, 6.07) is 15.8. The lowest BCUT2D eigenvalue weighted by atomic mass is 9.91. The molecule has 30 heavy (non-hydrogen) atoms. The number of nitrogens with zero attached hydrogens (tertiary/aromatic N) is 2. The number of anilines is 3. The van der Waals surface area contributed by atoms with Crippen molar-refractivity contribution in [1.29, 1.82) is 0 Å². The highest BCUT2D eigenvalue weighted by Gasteiger charge is 2.21. The number of carboxylic acid groups (broad SMARTS) is 1. The Morgan fingerprint density at radius 2 is 1.37 bits per heavy atom. The minimum absolute atomic E-state index is 0.0385. The van der Waals surface area contributed by atoms with Gasteiger partial charge in [0, 0.05) is 51.7 Å². The van der Waals surface area contributed by atoms with E-state index in [-0.39, 0.29) is 18.2 Å². The molecule has 1 atom stereocenters. The van der Waals surface area contributed by atoms with Crippen LogP contribution in [0.1, 0.15) is 43.6 Å². The molecule has 162 valence electrons. The molecule has 6 heteroatoms. The quantitative estimate of drug-likeness (QED) is 0.530. The number of benzene rings is 2. The second-order valence-corrected chi connectivity index (χ2v) is 7.96. The highest BCUT2D eigenvalue weighted by Crippen LogP contribution is 2.27. The van der Waals surface area contributed by atoms with Crippen LogP contribution in [0.15, 0.2) is 48.5 Å². The fourth-order valence-electron chi connectivity index (χ4n) is 3.33. The summed E-state index contributed by atoms with van der Waals surface area (Å²) in [5.74, 6) is -1.09. The number of hydrogen-bond donors (Lipinski definition) is 2. The lowest BCUT2D eigenvalue weighted by molar-refractivity contribution is -0.137. The minimum Gasteiger partial charge on any atom is -0.481 e. The molecule has 0 radical (unpaired) electrons. The summed E-state index contributed by atoms with van der Waals surface area (Å²) in [7, 11) is 7.93.